The summed E-state index contributed by atoms with van der Waals surface area (Å²) in [4.78, 5) is 57.0. The molecule has 0 aromatic carbocycles. The molecule has 84 heavy (non-hydrogen) atoms. The van der Waals surface area contributed by atoms with Crippen LogP contribution >= 0.6 is 0 Å². The summed E-state index contributed by atoms with van der Waals surface area (Å²) in [6.07, 6.45) is 15.4. The van der Waals surface area contributed by atoms with Gasteiger partial charge in [0.15, 0.2) is 28.6 Å². The Labute approximate surface area is 489 Å². The van der Waals surface area contributed by atoms with E-state index in [1.807, 2.05) is 87.9 Å². The second-order valence-corrected chi connectivity index (χ2v) is 23.6. The number of aromatic nitrogens is 7. The van der Waals surface area contributed by atoms with Gasteiger partial charge in [-0.15, -0.1) is 0 Å². The summed E-state index contributed by atoms with van der Waals surface area (Å²) < 4.78 is 23.8. The van der Waals surface area contributed by atoms with Crippen LogP contribution in [0, 0.1) is 20.8 Å². The molecule has 0 saturated heterocycles. The molecule has 436 valence electrons. The van der Waals surface area contributed by atoms with E-state index in [0.29, 0.717) is 79.6 Å². The van der Waals surface area contributed by atoms with Crippen molar-refractivity contribution in [1.82, 2.24) is 65.0 Å². The van der Waals surface area contributed by atoms with E-state index in [1.54, 1.807) is 24.7 Å². The molecule has 1 fully saturated rings. The van der Waals surface area contributed by atoms with Crippen molar-refractivity contribution >= 4 is 34.3 Å². The molecule has 0 unspecified atom stereocenters. The molecule has 9 aromatic rings. The van der Waals surface area contributed by atoms with E-state index in [2.05, 4.69) is 131 Å². The van der Waals surface area contributed by atoms with Crippen LogP contribution in [0.5, 0.6) is 17.2 Å². The first-order valence-electron chi connectivity index (χ1n) is 28.9. The lowest BCUT2D eigenvalue weighted by Gasteiger charge is -2.27. The number of aryl methyl sites for hydroxylation is 3. The summed E-state index contributed by atoms with van der Waals surface area (Å²) in [6.45, 7) is 24.0. The Morgan fingerprint density at radius 3 is 1.68 bits per heavy atom. The molecule has 4 aliphatic rings. The van der Waals surface area contributed by atoms with Crippen LogP contribution in [0.1, 0.15) is 148 Å². The number of nitrogens with zero attached hydrogens (tertiary/aromatic N) is 7. The normalized spacial score (nSPS) is 15.2. The molecule has 3 aliphatic heterocycles. The maximum Gasteiger partial charge on any atom is 0.274 e. The Morgan fingerprint density at radius 1 is 0.536 bits per heavy atom. The minimum atomic E-state index is -0.670. The van der Waals surface area contributed by atoms with E-state index in [4.69, 9.17) is 14.2 Å². The lowest BCUT2D eigenvalue weighted by molar-refractivity contribution is 0.0891. The summed E-state index contributed by atoms with van der Waals surface area (Å²) in [5.41, 5.74) is 12.6. The summed E-state index contributed by atoms with van der Waals surface area (Å²) in [7, 11) is 0. The molecule has 19 nitrogen and oxygen atoms in total. The molecular weight excluding hydrogens is 1060 g/mol. The zero-order chi connectivity index (χ0) is 58.9. The van der Waals surface area contributed by atoms with Gasteiger partial charge in [-0.1, -0.05) is 18.2 Å². The van der Waals surface area contributed by atoms with Gasteiger partial charge in [-0.25, -0.2) is 15.0 Å². The summed E-state index contributed by atoms with van der Waals surface area (Å²) in [6, 6.07) is 24.3. The largest absolute Gasteiger partial charge is 0.489 e. The monoisotopic (exact) mass is 1130 g/mol. The van der Waals surface area contributed by atoms with E-state index >= 15 is 0 Å². The minimum Gasteiger partial charge on any atom is -0.489 e. The first-order valence-corrected chi connectivity index (χ1v) is 28.9. The fraction of sp³-hybridized carbons (Fsp3) is 0.369. The van der Waals surface area contributed by atoms with Crippen LogP contribution in [-0.2, 0) is 36.3 Å². The van der Waals surface area contributed by atoms with Gasteiger partial charge in [0.2, 0.25) is 0 Å². The standard InChI is InChI=1S/C24H28N4O2.C21H24N4O2.C20H23N5O2/c1-15-5-4-11-28-19(13-18(21(15)28)16-6-7-16)24(2,3)27-23(29)20-22-17(8-9-26-20)14-25-10-12-30-22;1-14-5-4-11-25-16(14)6-7-17(25)21(2,3)24-20(26)18-19-15(8-9-23-18)13-22-10-12-27-19;1-13-5-4-9-25-16(13)12-23-19(25)20(2,3)24-18(26)14-6-7-22-15-11-21-8-10-27-17(14)15/h4-5,8-9,11,13,16,25H,6-7,10,12,14H2,1-3H3,(H,27,29);4-9,11,22H,10,12-13H2,1-3H3,(H,24,26);4-7,9,12,21H,8,10-11H2,1-3H3,(H,24,26). The summed E-state index contributed by atoms with van der Waals surface area (Å²) >= 11 is 0. The zero-order valence-corrected chi connectivity index (χ0v) is 49.4. The maximum atomic E-state index is 13.3. The Hall–Kier alpha value is -8.65. The van der Waals surface area contributed by atoms with Gasteiger partial charge >= 0.3 is 0 Å². The highest BCUT2D eigenvalue weighted by Gasteiger charge is 2.36. The van der Waals surface area contributed by atoms with Gasteiger partial charge in [-0.2, -0.15) is 0 Å². The van der Waals surface area contributed by atoms with Crippen LogP contribution in [0.4, 0.5) is 0 Å². The number of imidazole rings is 1. The molecule has 0 bridgehead atoms. The Morgan fingerprint density at radius 2 is 1.06 bits per heavy atom. The van der Waals surface area contributed by atoms with Crippen LogP contribution in [0.3, 0.4) is 0 Å². The first-order chi connectivity index (χ1) is 40.4. The molecule has 19 heteroatoms. The van der Waals surface area contributed by atoms with E-state index in [0.717, 1.165) is 70.3 Å². The Kier molecular flexibility index (Phi) is 16.0. The highest BCUT2D eigenvalue weighted by molar-refractivity contribution is 5.98. The molecule has 3 amide bonds. The number of hydrogen-bond donors (Lipinski definition) is 6. The van der Waals surface area contributed by atoms with E-state index in [1.165, 1.54) is 35.0 Å². The fourth-order valence-corrected chi connectivity index (χ4v) is 11.5. The van der Waals surface area contributed by atoms with Crippen LogP contribution < -0.4 is 46.1 Å². The second kappa shape index (κ2) is 23.5. The van der Waals surface area contributed by atoms with Gasteiger partial charge in [0.05, 0.1) is 45.1 Å². The van der Waals surface area contributed by atoms with Crippen LogP contribution in [0.25, 0.3) is 16.6 Å². The molecule has 1 aliphatic carbocycles. The lowest BCUT2D eigenvalue weighted by atomic mass is 9.99. The van der Waals surface area contributed by atoms with Crippen molar-refractivity contribution in [3.63, 3.8) is 0 Å². The second-order valence-electron chi connectivity index (χ2n) is 23.6. The average Bonchev–Trinajstić information content (AvgIpc) is 3.49. The third-order valence-corrected chi connectivity index (χ3v) is 16.0. The van der Waals surface area contributed by atoms with Crippen molar-refractivity contribution in [3.8, 4) is 17.2 Å². The molecular formula is C65H75N13O6. The van der Waals surface area contributed by atoms with Crippen LogP contribution in [0.15, 0.2) is 116 Å². The molecule has 12 heterocycles. The number of rotatable bonds is 10. The highest BCUT2D eigenvalue weighted by Crippen LogP contribution is 2.45. The number of ether oxygens (including phenoxy) is 3. The number of pyridine rings is 6. The van der Waals surface area contributed by atoms with Crippen molar-refractivity contribution in [1.29, 1.82) is 0 Å². The number of hydrogen-bond acceptors (Lipinski definition) is 13. The fourth-order valence-electron chi connectivity index (χ4n) is 11.5. The predicted molar refractivity (Wildman–Crippen MR) is 322 cm³/mol. The van der Waals surface area contributed by atoms with Gasteiger partial charge in [0.1, 0.15) is 25.6 Å². The van der Waals surface area contributed by atoms with Crippen molar-refractivity contribution < 1.29 is 28.6 Å². The number of carbonyl (C=O) groups is 3. The van der Waals surface area contributed by atoms with Gasteiger partial charge < -0.3 is 59.3 Å². The van der Waals surface area contributed by atoms with Gasteiger partial charge in [0.25, 0.3) is 17.7 Å². The number of nitrogens with one attached hydrogen (secondary N) is 6. The first kappa shape index (κ1) is 57.2. The van der Waals surface area contributed by atoms with E-state index in [9.17, 15) is 14.4 Å². The molecule has 0 spiro atoms. The van der Waals surface area contributed by atoms with Crippen molar-refractivity contribution in [2.45, 2.75) is 117 Å². The smallest absolute Gasteiger partial charge is 0.274 e. The van der Waals surface area contributed by atoms with Crippen LogP contribution in [-0.4, -0.2) is 90.3 Å². The molecule has 13 rings (SSSR count). The minimum absolute atomic E-state index is 0.204. The van der Waals surface area contributed by atoms with E-state index in [-0.39, 0.29) is 17.7 Å². The quantitative estimate of drug-likeness (QED) is 0.0757. The Balaban J connectivity index is 0.000000132. The molecule has 1 saturated carbocycles. The van der Waals surface area contributed by atoms with E-state index < -0.39 is 16.6 Å². The third kappa shape index (κ3) is 11.7. The molecule has 0 atom stereocenters. The predicted octanol–water partition coefficient (Wildman–Crippen LogP) is 8.64. The van der Waals surface area contributed by atoms with Crippen LogP contribution in [0.2, 0.25) is 0 Å². The van der Waals surface area contributed by atoms with Gasteiger partial charge in [-0.05, 0) is 158 Å². The van der Waals surface area contributed by atoms with Crippen molar-refractivity contribution in [2.24, 2.45) is 0 Å². The topological polar surface area (TPSA) is 216 Å². The summed E-state index contributed by atoms with van der Waals surface area (Å²) in [5.74, 6) is 2.48. The molecule has 9 aromatic heterocycles. The average molecular weight is 1130 g/mol. The number of carbonyl (C=O) groups excluding carboxylic acids is 3. The SMILES string of the molecule is Cc1cccn2c(C(C)(C)NC(=O)c3ccnc4c3OCCNC4)ncc12.Cc1cccn2c(C(C)(C)NC(=O)c3nccc4c3OCCNC4)cc(C3CC3)c12.Cc1cccn2c(C(C)(C)NC(=O)c3nccc4c3OCCNC4)ccc12. The highest BCUT2D eigenvalue weighted by atomic mass is 16.5. The van der Waals surface area contributed by atoms with Crippen molar-refractivity contribution in [2.75, 3.05) is 39.5 Å². The third-order valence-electron chi connectivity index (χ3n) is 16.0. The number of fused-ring (bicyclic) bond motifs is 6. The Bertz CT molecular complexity index is 3780. The maximum absolute atomic E-state index is 13.3. The number of amides is 3. The summed E-state index contributed by atoms with van der Waals surface area (Å²) in [5, 5.41) is 19.3. The van der Waals surface area contributed by atoms with Gasteiger partial charge in [-0.3, -0.25) is 19.4 Å². The molecule has 6 N–H and O–H groups in total. The van der Waals surface area contributed by atoms with Gasteiger partial charge in [0, 0.05) is 104 Å². The zero-order valence-electron chi connectivity index (χ0n) is 49.4. The molecule has 0 radical (unpaired) electrons. The lowest BCUT2D eigenvalue weighted by Crippen LogP contribution is -2.42. The van der Waals surface area contributed by atoms with Crippen molar-refractivity contribution in [3.05, 3.63) is 189 Å².